The number of ether oxygens (including phenoxy) is 1. The summed E-state index contributed by atoms with van der Waals surface area (Å²) in [7, 11) is 0. The first-order chi connectivity index (χ1) is 13.2. The molecule has 27 heavy (non-hydrogen) atoms. The first-order valence-electron chi connectivity index (χ1n) is 8.55. The number of hydrogen-bond donors (Lipinski definition) is 2. The van der Waals surface area contributed by atoms with Crippen LogP contribution in [0.3, 0.4) is 0 Å². The summed E-state index contributed by atoms with van der Waals surface area (Å²) in [5.74, 6) is -0.0759. The minimum absolute atomic E-state index is 0.110. The van der Waals surface area contributed by atoms with E-state index >= 15 is 0 Å². The van der Waals surface area contributed by atoms with Crippen LogP contribution in [0.15, 0.2) is 30.7 Å². The molecular weight excluding hydrogens is 346 g/mol. The van der Waals surface area contributed by atoms with E-state index in [2.05, 4.69) is 26.5 Å². The summed E-state index contributed by atoms with van der Waals surface area (Å²) >= 11 is 0. The molecule has 1 amide bonds. The average molecular weight is 363 g/mol. The second-order valence-electron chi connectivity index (χ2n) is 6.27. The Kier molecular flexibility index (Phi) is 4.40. The standard InChI is InChI=1S/C18H17N7O2/c19-6-11-4-12-8-24-25(18(12)23-7-11)16-5-15(14(10-22-16)17(20)26)21-9-13-2-1-3-27-13/h4-5,7-8,10,13H,1-3,9H2,(H2,20,26)(H,21,22)/t13-/m1/s1. The van der Waals surface area contributed by atoms with Crippen molar-refractivity contribution in [2.75, 3.05) is 18.5 Å². The highest BCUT2D eigenvalue weighted by Gasteiger charge is 2.18. The fraction of sp³-hybridized carbons (Fsp3) is 0.278. The topological polar surface area (TPSA) is 132 Å². The number of pyridine rings is 2. The van der Waals surface area contributed by atoms with Gasteiger partial charge in [0.1, 0.15) is 6.07 Å². The zero-order chi connectivity index (χ0) is 18.8. The van der Waals surface area contributed by atoms with Gasteiger partial charge in [0.15, 0.2) is 11.5 Å². The SMILES string of the molecule is N#Cc1cnc2c(cnn2-c2cc(NC[C@H]3CCCO3)c(C(N)=O)cn2)c1. The van der Waals surface area contributed by atoms with Crippen molar-refractivity contribution in [3.05, 3.63) is 41.9 Å². The Labute approximate surface area is 154 Å². The van der Waals surface area contributed by atoms with Crippen LogP contribution in [0, 0.1) is 11.3 Å². The van der Waals surface area contributed by atoms with Gasteiger partial charge in [0.2, 0.25) is 0 Å². The summed E-state index contributed by atoms with van der Waals surface area (Å²) in [6, 6.07) is 5.47. The van der Waals surface area contributed by atoms with Crippen LogP contribution in [0.25, 0.3) is 16.9 Å². The predicted octanol–water partition coefficient (Wildman–Crippen LogP) is 1.38. The van der Waals surface area contributed by atoms with Crippen LogP contribution >= 0.6 is 0 Å². The molecule has 3 N–H and O–H groups in total. The first-order valence-corrected chi connectivity index (χ1v) is 8.55. The number of aromatic nitrogens is 4. The van der Waals surface area contributed by atoms with Crippen molar-refractivity contribution in [2.45, 2.75) is 18.9 Å². The molecule has 0 radical (unpaired) electrons. The average Bonchev–Trinajstić information content (AvgIpc) is 3.35. The van der Waals surface area contributed by atoms with Gasteiger partial charge in [0.25, 0.3) is 5.91 Å². The van der Waals surface area contributed by atoms with Gasteiger partial charge in [0.05, 0.1) is 29.1 Å². The molecule has 1 fully saturated rings. The van der Waals surface area contributed by atoms with E-state index in [9.17, 15) is 4.79 Å². The number of nitrogens with two attached hydrogens (primary N) is 1. The summed E-state index contributed by atoms with van der Waals surface area (Å²) in [5.41, 5.74) is 7.37. The number of nitriles is 1. The third kappa shape index (κ3) is 3.30. The summed E-state index contributed by atoms with van der Waals surface area (Å²) in [6.07, 6.45) is 6.64. The fourth-order valence-electron chi connectivity index (χ4n) is 3.08. The van der Waals surface area contributed by atoms with Crippen LogP contribution in [0.4, 0.5) is 5.69 Å². The van der Waals surface area contributed by atoms with E-state index in [0.717, 1.165) is 24.8 Å². The summed E-state index contributed by atoms with van der Waals surface area (Å²) in [4.78, 5) is 20.3. The molecule has 4 rings (SSSR count). The van der Waals surface area contributed by atoms with Gasteiger partial charge < -0.3 is 15.8 Å². The third-order valence-electron chi connectivity index (χ3n) is 4.45. The van der Waals surface area contributed by atoms with Gasteiger partial charge in [-0.3, -0.25) is 4.79 Å². The molecule has 0 aromatic carbocycles. The van der Waals surface area contributed by atoms with Crippen molar-refractivity contribution >= 4 is 22.6 Å². The molecule has 0 unspecified atom stereocenters. The molecule has 136 valence electrons. The minimum atomic E-state index is -0.564. The Morgan fingerprint density at radius 2 is 2.26 bits per heavy atom. The van der Waals surface area contributed by atoms with E-state index in [-0.39, 0.29) is 6.10 Å². The number of hydrogen-bond acceptors (Lipinski definition) is 7. The first kappa shape index (κ1) is 16.9. The largest absolute Gasteiger partial charge is 0.382 e. The summed E-state index contributed by atoms with van der Waals surface area (Å²) < 4.78 is 7.16. The lowest BCUT2D eigenvalue weighted by Crippen LogP contribution is -2.22. The van der Waals surface area contributed by atoms with E-state index in [0.29, 0.717) is 34.8 Å². The summed E-state index contributed by atoms with van der Waals surface area (Å²) in [6.45, 7) is 1.33. The molecule has 1 aliphatic rings. The van der Waals surface area contributed by atoms with E-state index in [4.69, 9.17) is 15.7 Å². The van der Waals surface area contributed by atoms with Crippen LogP contribution in [0.2, 0.25) is 0 Å². The van der Waals surface area contributed by atoms with E-state index in [1.165, 1.54) is 12.4 Å². The van der Waals surface area contributed by atoms with Crippen molar-refractivity contribution in [1.29, 1.82) is 5.26 Å². The van der Waals surface area contributed by atoms with Gasteiger partial charge >= 0.3 is 0 Å². The second kappa shape index (κ2) is 7.01. The lowest BCUT2D eigenvalue weighted by atomic mass is 10.2. The molecular formula is C18H17N7O2. The van der Waals surface area contributed by atoms with Crippen LogP contribution in [0.1, 0.15) is 28.8 Å². The zero-order valence-electron chi connectivity index (χ0n) is 14.4. The molecule has 0 saturated carbocycles. The molecule has 0 aliphatic carbocycles. The molecule has 3 aromatic rings. The van der Waals surface area contributed by atoms with Crippen molar-refractivity contribution < 1.29 is 9.53 Å². The number of rotatable bonds is 5. The Bertz CT molecular complexity index is 1050. The summed E-state index contributed by atoms with van der Waals surface area (Å²) in [5, 5.41) is 17.3. The Balaban J connectivity index is 1.69. The number of carbonyl (C=O) groups excluding carboxylic acids is 1. The maximum atomic E-state index is 11.7. The van der Waals surface area contributed by atoms with Crippen LogP contribution < -0.4 is 11.1 Å². The van der Waals surface area contributed by atoms with Crippen molar-refractivity contribution in [3.63, 3.8) is 0 Å². The number of nitrogens with zero attached hydrogens (tertiary/aromatic N) is 5. The Morgan fingerprint density at radius 3 is 3.00 bits per heavy atom. The maximum absolute atomic E-state index is 11.7. The molecule has 0 spiro atoms. The second-order valence-corrected chi connectivity index (χ2v) is 6.27. The van der Waals surface area contributed by atoms with E-state index < -0.39 is 5.91 Å². The zero-order valence-corrected chi connectivity index (χ0v) is 14.4. The minimum Gasteiger partial charge on any atom is -0.382 e. The molecule has 1 saturated heterocycles. The van der Waals surface area contributed by atoms with Gasteiger partial charge in [-0.1, -0.05) is 0 Å². The van der Waals surface area contributed by atoms with E-state index in [1.54, 1.807) is 23.0 Å². The molecule has 9 heteroatoms. The maximum Gasteiger partial charge on any atom is 0.252 e. The van der Waals surface area contributed by atoms with Gasteiger partial charge in [-0.15, -0.1) is 0 Å². The van der Waals surface area contributed by atoms with Crippen molar-refractivity contribution in [2.24, 2.45) is 5.73 Å². The fourth-order valence-corrected chi connectivity index (χ4v) is 3.08. The van der Waals surface area contributed by atoms with Crippen molar-refractivity contribution in [1.82, 2.24) is 19.7 Å². The van der Waals surface area contributed by atoms with Crippen LogP contribution in [0.5, 0.6) is 0 Å². The monoisotopic (exact) mass is 363 g/mol. The van der Waals surface area contributed by atoms with E-state index in [1.807, 2.05) is 0 Å². The quantitative estimate of drug-likeness (QED) is 0.700. The highest BCUT2D eigenvalue weighted by Crippen LogP contribution is 2.22. The predicted molar refractivity (Wildman–Crippen MR) is 97.4 cm³/mol. The van der Waals surface area contributed by atoms with Crippen molar-refractivity contribution in [3.8, 4) is 11.9 Å². The lowest BCUT2D eigenvalue weighted by Gasteiger charge is -2.15. The van der Waals surface area contributed by atoms with Crippen LogP contribution in [-0.2, 0) is 4.74 Å². The van der Waals surface area contributed by atoms with Gasteiger partial charge in [-0.2, -0.15) is 15.0 Å². The molecule has 1 atom stereocenters. The molecule has 1 aliphatic heterocycles. The molecule has 4 heterocycles. The van der Waals surface area contributed by atoms with Gasteiger partial charge in [0, 0.05) is 37.0 Å². The normalized spacial score (nSPS) is 16.3. The highest BCUT2D eigenvalue weighted by atomic mass is 16.5. The van der Waals surface area contributed by atoms with Crippen LogP contribution in [-0.4, -0.2) is 44.9 Å². The number of amides is 1. The number of primary amides is 1. The number of fused-ring (bicyclic) bond motifs is 1. The molecule has 0 bridgehead atoms. The molecule has 3 aromatic heterocycles. The molecule has 9 nitrogen and oxygen atoms in total. The highest BCUT2D eigenvalue weighted by molar-refractivity contribution is 5.98. The smallest absolute Gasteiger partial charge is 0.252 e. The third-order valence-corrected chi connectivity index (χ3v) is 4.45. The van der Waals surface area contributed by atoms with Gasteiger partial charge in [-0.05, 0) is 18.9 Å². The Hall–Kier alpha value is -3.51. The number of nitrogens with one attached hydrogen (secondary N) is 1. The number of carbonyl (C=O) groups is 1. The Morgan fingerprint density at radius 1 is 1.37 bits per heavy atom. The van der Waals surface area contributed by atoms with Gasteiger partial charge in [-0.25, -0.2) is 9.97 Å². The number of anilines is 1. The lowest BCUT2D eigenvalue weighted by molar-refractivity contribution is 0.1000.